The van der Waals surface area contributed by atoms with Gasteiger partial charge in [0.25, 0.3) is 5.69 Å². The third-order valence-electron chi connectivity index (χ3n) is 3.23. The molecule has 2 aromatic rings. The maximum Gasteiger partial charge on any atom is 0.343 e. The molecule has 1 aliphatic heterocycles. The van der Waals surface area contributed by atoms with E-state index in [9.17, 15) is 14.9 Å². The lowest BCUT2D eigenvalue weighted by Crippen LogP contribution is -1.98. The van der Waals surface area contributed by atoms with Crippen molar-refractivity contribution >= 4 is 23.5 Å². The van der Waals surface area contributed by atoms with E-state index in [1.54, 1.807) is 24.3 Å². The van der Waals surface area contributed by atoms with Gasteiger partial charge in [-0.2, -0.15) is 0 Å². The molecule has 3 rings (SSSR count). The first-order valence-electron chi connectivity index (χ1n) is 6.59. The second-order valence-electron chi connectivity index (χ2n) is 4.68. The Balaban J connectivity index is 2.00. The first kappa shape index (κ1) is 13.8. The quantitative estimate of drug-likeness (QED) is 0.375. The summed E-state index contributed by atoms with van der Waals surface area (Å²) in [6, 6.07) is 15.5. The molecule has 22 heavy (non-hydrogen) atoms. The van der Waals surface area contributed by atoms with Gasteiger partial charge in [0.2, 0.25) is 0 Å². The predicted molar refractivity (Wildman–Crippen MR) is 81.6 cm³/mol. The molecule has 5 heteroatoms. The molecule has 0 spiro atoms. The second kappa shape index (κ2) is 5.65. The summed E-state index contributed by atoms with van der Waals surface area (Å²) in [6.45, 7) is 0. The molecule has 5 nitrogen and oxygen atoms in total. The van der Waals surface area contributed by atoms with E-state index in [1.807, 2.05) is 30.3 Å². The van der Waals surface area contributed by atoms with Crippen molar-refractivity contribution in [2.24, 2.45) is 0 Å². The first-order valence-corrected chi connectivity index (χ1v) is 6.59. The van der Waals surface area contributed by atoms with Gasteiger partial charge in [-0.15, -0.1) is 0 Å². The van der Waals surface area contributed by atoms with Crippen LogP contribution < -0.4 is 0 Å². The molecule has 0 unspecified atom stereocenters. The molecule has 0 fully saturated rings. The topological polar surface area (TPSA) is 69.4 Å². The SMILES string of the molecule is O=C1OC(c2ccccc2)=C/C1=C\c1ccccc1[N+](=O)[O-]. The van der Waals surface area contributed by atoms with Crippen molar-refractivity contribution in [1.29, 1.82) is 0 Å². The Morgan fingerprint density at radius 1 is 1.00 bits per heavy atom. The second-order valence-corrected chi connectivity index (χ2v) is 4.68. The summed E-state index contributed by atoms with van der Waals surface area (Å²) in [6.07, 6.45) is 3.06. The molecule has 1 aliphatic rings. The van der Waals surface area contributed by atoms with Crippen molar-refractivity contribution in [1.82, 2.24) is 0 Å². The van der Waals surface area contributed by atoms with Crippen LogP contribution in [0.5, 0.6) is 0 Å². The average molecular weight is 293 g/mol. The van der Waals surface area contributed by atoms with Gasteiger partial charge < -0.3 is 4.74 Å². The number of rotatable bonds is 3. The van der Waals surface area contributed by atoms with Gasteiger partial charge in [0.1, 0.15) is 5.76 Å². The van der Waals surface area contributed by atoms with E-state index in [0.29, 0.717) is 11.3 Å². The molecule has 0 saturated carbocycles. The van der Waals surface area contributed by atoms with Crippen molar-refractivity contribution < 1.29 is 14.5 Å². The minimum absolute atomic E-state index is 0.0515. The minimum Gasteiger partial charge on any atom is -0.422 e. The number of benzene rings is 2. The summed E-state index contributed by atoms with van der Waals surface area (Å²) < 4.78 is 5.22. The van der Waals surface area contributed by atoms with Crippen LogP contribution in [-0.4, -0.2) is 10.9 Å². The Kier molecular flexibility index (Phi) is 3.53. The highest BCUT2D eigenvalue weighted by molar-refractivity contribution is 6.05. The maximum absolute atomic E-state index is 11.9. The van der Waals surface area contributed by atoms with Crippen LogP contribution in [0.25, 0.3) is 11.8 Å². The summed E-state index contributed by atoms with van der Waals surface area (Å²) >= 11 is 0. The van der Waals surface area contributed by atoms with Gasteiger partial charge in [-0.3, -0.25) is 10.1 Å². The number of nitro benzene ring substituents is 1. The van der Waals surface area contributed by atoms with E-state index in [1.165, 1.54) is 12.1 Å². The Morgan fingerprint density at radius 3 is 2.41 bits per heavy atom. The summed E-state index contributed by atoms with van der Waals surface area (Å²) in [5.74, 6) is -0.0764. The molecule has 0 aromatic heterocycles. The molecule has 2 aromatic carbocycles. The van der Waals surface area contributed by atoms with Crippen LogP contribution in [0.15, 0.2) is 66.2 Å². The smallest absolute Gasteiger partial charge is 0.343 e. The lowest BCUT2D eigenvalue weighted by molar-refractivity contribution is -0.385. The third-order valence-corrected chi connectivity index (χ3v) is 3.23. The lowest BCUT2D eigenvalue weighted by atomic mass is 10.1. The molecule has 0 saturated heterocycles. The van der Waals surface area contributed by atoms with E-state index in [-0.39, 0.29) is 11.3 Å². The molecule has 1 heterocycles. The number of hydrogen-bond donors (Lipinski definition) is 0. The highest BCUT2D eigenvalue weighted by Crippen LogP contribution is 2.29. The van der Waals surface area contributed by atoms with E-state index in [4.69, 9.17) is 4.74 Å². The van der Waals surface area contributed by atoms with Gasteiger partial charge in [-0.25, -0.2) is 4.79 Å². The van der Waals surface area contributed by atoms with Gasteiger partial charge in [-0.05, 0) is 18.2 Å². The molecule has 0 aliphatic carbocycles. The fraction of sp³-hybridized carbons (Fsp3) is 0. The van der Waals surface area contributed by atoms with Crippen LogP contribution in [0, 0.1) is 10.1 Å². The average Bonchev–Trinajstić information content (AvgIpc) is 2.90. The van der Waals surface area contributed by atoms with Crippen molar-refractivity contribution in [2.75, 3.05) is 0 Å². The Morgan fingerprint density at radius 2 is 1.68 bits per heavy atom. The zero-order valence-electron chi connectivity index (χ0n) is 11.4. The zero-order valence-corrected chi connectivity index (χ0v) is 11.4. The van der Waals surface area contributed by atoms with Gasteiger partial charge in [0.05, 0.1) is 16.1 Å². The van der Waals surface area contributed by atoms with Crippen molar-refractivity contribution in [3.05, 3.63) is 87.5 Å². The summed E-state index contributed by atoms with van der Waals surface area (Å²) in [5.41, 5.74) is 1.38. The maximum atomic E-state index is 11.9. The number of carbonyl (C=O) groups is 1. The molecule has 108 valence electrons. The number of cyclic esters (lactones) is 1. The molecule has 0 amide bonds. The summed E-state index contributed by atoms with van der Waals surface area (Å²) in [4.78, 5) is 22.5. The highest BCUT2D eigenvalue weighted by atomic mass is 16.6. The fourth-order valence-electron chi connectivity index (χ4n) is 2.18. The number of nitro groups is 1. The number of nitrogens with zero attached hydrogens (tertiary/aromatic N) is 1. The first-order chi connectivity index (χ1) is 10.6. The van der Waals surface area contributed by atoms with Crippen molar-refractivity contribution in [3.63, 3.8) is 0 Å². The van der Waals surface area contributed by atoms with E-state index in [2.05, 4.69) is 0 Å². The van der Waals surface area contributed by atoms with Gasteiger partial charge in [-0.1, -0.05) is 42.5 Å². The molecule has 0 N–H and O–H groups in total. The van der Waals surface area contributed by atoms with Gasteiger partial charge in [0, 0.05) is 11.6 Å². The molecular weight excluding hydrogens is 282 g/mol. The van der Waals surface area contributed by atoms with Crippen molar-refractivity contribution in [2.45, 2.75) is 0 Å². The van der Waals surface area contributed by atoms with E-state index >= 15 is 0 Å². The van der Waals surface area contributed by atoms with Gasteiger partial charge in [0.15, 0.2) is 0 Å². The molecule has 0 atom stereocenters. The van der Waals surface area contributed by atoms with Crippen LogP contribution >= 0.6 is 0 Å². The Bertz CT molecular complexity index is 806. The lowest BCUT2D eigenvalue weighted by Gasteiger charge is -2.00. The Hall–Kier alpha value is -3.21. The van der Waals surface area contributed by atoms with Crippen LogP contribution in [-0.2, 0) is 9.53 Å². The number of hydrogen-bond acceptors (Lipinski definition) is 4. The normalized spacial score (nSPS) is 15.5. The number of carbonyl (C=O) groups excluding carboxylic acids is 1. The van der Waals surface area contributed by atoms with Crippen LogP contribution in [0.4, 0.5) is 5.69 Å². The summed E-state index contributed by atoms with van der Waals surface area (Å²) in [7, 11) is 0. The highest BCUT2D eigenvalue weighted by Gasteiger charge is 2.23. The summed E-state index contributed by atoms with van der Waals surface area (Å²) in [5, 5.41) is 11.0. The van der Waals surface area contributed by atoms with E-state index < -0.39 is 10.9 Å². The van der Waals surface area contributed by atoms with Crippen LogP contribution in [0.1, 0.15) is 11.1 Å². The van der Waals surface area contributed by atoms with Crippen LogP contribution in [0.2, 0.25) is 0 Å². The largest absolute Gasteiger partial charge is 0.422 e. The molecule has 0 bridgehead atoms. The third kappa shape index (κ3) is 2.64. The molecule has 0 radical (unpaired) electrons. The number of esters is 1. The van der Waals surface area contributed by atoms with E-state index in [0.717, 1.165) is 5.56 Å². The minimum atomic E-state index is -0.517. The monoisotopic (exact) mass is 293 g/mol. The predicted octanol–water partition coefficient (Wildman–Crippen LogP) is 3.58. The van der Waals surface area contributed by atoms with Gasteiger partial charge >= 0.3 is 5.97 Å². The zero-order chi connectivity index (χ0) is 15.5. The standard InChI is InChI=1S/C17H11NO4/c19-17-14(10-13-8-4-5-9-15(13)18(20)21)11-16(22-17)12-6-2-1-3-7-12/h1-11H/b14-10+. The number of para-hydroxylation sites is 1. The van der Waals surface area contributed by atoms with Crippen molar-refractivity contribution in [3.8, 4) is 0 Å². The number of ether oxygens (including phenoxy) is 1. The fourth-order valence-corrected chi connectivity index (χ4v) is 2.18. The van der Waals surface area contributed by atoms with Crippen LogP contribution in [0.3, 0.4) is 0 Å². The molecular formula is C17H11NO4. The Labute approximate surface area is 126 Å².